The molecule has 24 heavy (non-hydrogen) atoms. The molecule has 0 saturated carbocycles. The molecule has 0 spiro atoms. The number of methoxy groups -OCH3 is 1. The van der Waals surface area contributed by atoms with E-state index in [-0.39, 0.29) is 11.9 Å². The summed E-state index contributed by atoms with van der Waals surface area (Å²) in [4.78, 5) is 13.0. The first kappa shape index (κ1) is 16.9. The highest BCUT2D eigenvalue weighted by Gasteiger charge is 2.22. The van der Waals surface area contributed by atoms with Gasteiger partial charge in [-0.25, -0.2) is 14.4 Å². The van der Waals surface area contributed by atoms with Crippen molar-refractivity contribution in [2.24, 2.45) is 0 Å². The van der Waals surface area contributed by atoms with E-state index in [4.69, 9.17) is 4.74 Å². The number of aromatic nitrogens is 2. The lowest BCUT2D eigenvalue weighted by Crippen LogP contribution is -2.48. The summed E-state index contributed by atoms with van der Waals surface area (Å²) in [6, 6.07) is 3.04. The number of halogens is 1. The lowest BCUT2D eigenvalue weighted by atomic mass is 10.2. The van der Waals surface area contributed by atoms with Crippen LogP contribution in [0.1, 0.15) is 13.3 Å². The van der Waals surface area contributed by atoms with E-state index in [9.17, 15) is 9.50 Å². The van der Waals surface area contributed by atoms with Gasteiger partial charge in [0, 0.05) is 44.2 Å². The second-order valence-electron chi connectivity index (χ2n) is 6.05. The van der Waals surface area contributed by atoms with Gasteiger partial charge in [0.2, 0.25) is 0 Å². The lowest BCUT2D eigenvalue weighted by molar-refractivity contribution is 0.106. The van der Waals surface area contributed by atoms with Gasteiger partial charge in [0.15, 0.2) is 11.6 Å². The summed E-state index contributed by atoms with van der Waals surface area (Å²) in [6.45, 7) is 6.03. The molecule has 1 atom stereocenters. The quantitative estimate of drug-likeness (QED) is 0.897. The monoisotopic (exact) mass is 334 g/mol. The van der Waals surface area contributed by atoms with Crippen molar-refractivity contribution in [1.82, 2.24) is 14.9 Å². The topological polar surface area (TPSA) is 61.7 Å². The van der Waals surface area contributed by atoms with E-state index < -0.39 is 5.82 Å². The molecule has 3 rings (SSSR count). The molecule has 1 aliphatic heterocycles. The molecule has 0 aliphatic carbocycles. The Kier molecular flexibility index (Phi) is 5.11. The van der Waals surface area contributed by atoms with Crippen molar-refractivity contribution in [2.75, 3.05) is 44.7 Å². The SMILES string of the molecule is CCC(O)CN1CCN(c2ncnc3cc(F)c(OC)cc23)CC1. The number of ether oxygens (including phenoxy) is 1. The fraction of sp³-hybridized carbons (Fsp3) is 0.529. The summed E-state index contributed by atoms with van der Waals surface area (Å²) in [5.41, 5.74) is 0.571. The normalized spacial score (nSPS) is 17.2. The van der Waals surface area contributed by atoms with Crippen molar-refractivity contribution in [1.29, 1.82) is 0 Å². The third kappa shape index (κ3) is 3.42. The summed E-state index contributed by atoms with van der Waals surface area (Å²) < 4.78 is 19.0. The first-order valence-corrected chi connectivity index (χ1v) is 8.26. The fourth-order valence-electron chi connectivity index (χ4n) is 3.02. The van der Waals surface area contributed by atoms with Crippen molar-refractivity contribution in [3.63, 3.8) is 0 Å². The van der Waals surface area contributed by atoms with Crippen molar-refractivity contribution in [2.45, 2.75) is 19.4 Å². The van der Waals surface area contributed by atoms with Crippen LogP contribution in [0, 0.1) is 5.82 Å². The molecule has 0 amide bonds. The molecule has 1 unspecified atom stereocenters. The van der Waals surface area contributed by atoms with Crippen molar-refractivity contribution < 1.29 is 14.2 Å². The van der Waals surface area contributed by atoms with Crippen LogP contribution in [0.3, 0.4) is 0 Å². The minimum Gasteiger partial charge on any atom is -0.494 e. The Labute approximate surface area is 140 Å². The molecule has 1 saturated heterocycles. The van der Waals surface area contributed by atoms with Gasteiger partial charge in [-0.3, -0.25) is 4.90 Å². The van der Waals surface area contributed by atoms with Gasteiger partial charge < -0.3 is 14.7 Å². The van der Waals surface area contributed by atoms with E-state index >= 15 is 0 Å². The van der Waals surface area contributed by atoms with Crippen molar-refractivity contribution in [3.05, 3.63) is 24.3 Å². The Hall–Kier alpha value is -1.99. The van der Waals surface area contributed by atoms with Crippen LogP contribution in [0.25, 0.3) is 10.9 Å². The van der Waals surface area contributed by atoms with Crippen molar-refractivity contribution in [3.8, 4) is 5.75 Å². The number of fused-ring (bicyclic) bond motifs is 1. The number of aliphatic hydroxyl groups is 1. The highest BCUT2D eigenvalue weighted by Crippen LogP contribution is 2.29. The second-order valence-corrected chi connectivity index (χ2v) is 6.05. The smallest absolute Gasteiger partial charge is 0.167 e. The van der Waals surface area contributed by atoms with E-state index in [1.165, 1.54) is 19.5 Å². The number of hydrogen-bond acceptors (Lipinski definition) is 6. The Balaban J connectivity index is 1.80. The zero-order valence-corrected chi connectivity index (χ0v) is 14.1. The first-order valence-electron chi connectivity index (χ1n) is 8.26. The Morgan fingerprint density at radius 1 is 1.25 bits per heavy atom. The molecule has 0 bridgehead atoms. The van der Waals surface area contributed by atoms with Gasteiger partial charge in [-0.2, -0.15) is 0 Å². The predicted octanol–water partition coefficient (Wildman–Crippen LogP) is 1.67. The van der Waals surface area contributed by atoms with Crippen LogP contribution < -0.4 is 9.64 Å². The second kappa shape index (κ2) is 7.27. The molecular weight excluding hydrogens is 311 g/mol. The van der Waals surface area contributed by atoms with Crippen LogP contribution in [0.5, 0.6) is 5.75 Å². The first-order chi connectivity index (χ1) is 11.6. The number of aliphatic hydroxyl groups excluding tert-OH is 1. The summed E-state index contributed by atoms with van der Waals surface area (Å²) in [7, 11) is 1.45. The number of benzene rings is 1. The van der Waals surface area contributed by atoms with E-state index in [0.717, 1.165) is 43.8 Å². The molecule has 130 valence electrons. The molecule has 1 aromatic carbocycles. The number of rotatable bonds is 5. The largest absolute Gasteiger partial charge is 0.494 e. The number of anilines is 1. The molecule has 1 N–H and O–H groups in total. The molecule has 1 aromatic heterocycles. The van der Waals surface area contributed by atoms with Crippen LogP contribution in [0.15, 0.2) is 18.5 Å². The van der Waals surface area contributed by atoms with Crippen LogP contribution in [0.4, 0.5) is 10.2 Å². The molecule has 2 aromatic rings. The van der Waals surface area contributed by atoms with Gasteiger partial charge in [0.25, 0.3) is 0 Å². The third-order valence-electron chi connectivity index (χ3n) is 4.50. The van der Waals surface area contributed by atoms with Crippen LogP contribution >= 0.6 is 0 Å². The van der Waals surface area contributed by atoms with E-state index in [0.29, 0.717) is 12.1 Å². The van der Waals surface area contributed by atoms with Crippen LogP contribution in [-0.4, -0.2) is 65.9 Å². The molecule has 6 nitrogen and oxygen atoms in total. The standard InChI is InChI=1S/C17H23FN4O2/c1-3-12(23)10-21-4-6-22(7-5-21)17-13-8-16(24-2)14(18)9-15(13)19-11-20-17/h8-9,11-12,23H,3-7,10H2,1-2H3. The summed E-state index contributed by atoms with van der Waals surface area (Å²) in [5.74, 6) is 0.574. The van der Waals surface area contributed by atoms with Gasteiger partial charge in [-0.15, -0.1) is 0 Å². The van der Waals surface area contributed by atoms with E-state index in [2.05, 4.69) is 19.8 Å². The molecule has 2 heterocycles. The minimum absolute atomic E-state index is 0.197. The number of hydrogen-bond donors (Lipinski definition) is 1. The van der Waals surface area contributed by atoms with E-state index in [1.807, 2.05) is 6.92 Å². The fourth-order valence-corrected chi connectivity index (χ4v) is 3.02. The summed E-state index contributed by atoms with van der Waals surface area (Å²) in [5, 5.41) is 10.6. The average molecular weight is 334 g/mol. The zero-order chi connectivity index (χ0) is 17.1. The minimum atomic E-state index is -0.423. The van der Waals surface area contributed by atoms with Gasteiger partial charge in [0.1, 0.15) is 12.1 Å². The summed E-state index contributed by atoms with van der Waals surface area (Å²) in [6.07, 6.45) is 1.96. The maximum atomic E-state index is 13.9. The Morgan fingerprint density at radius 3 is 2.67 bits per heavy atom. The maximum absolute atomic E-state index is 13.9. The highest BCUT2D eigenvalue weighted by atomic mass is 19.1. The number of nitrogens with zero attached hydrogens (tertiary/aromatic N) is 4. The molecule has 1 fully saturated rings. The predicted molar refractivity (Wildman–Crippen MR) is 91.0 cm³/mol. The zero-order valence-electron chi connectivity index (χ0n) is 14.1. The number of piperazine rings is 1. The van der Waals surface area contributed by atoms with Crippen LogP contribution in [0.2, 0.25) is 0 Å². The van der Waals surface area contributed by atoms with Gasteiger partial charge in [0.05, 0.1) is 18.7 Å². The molecule has 0 radical (unpaired) electrons. The van der Waals surface area contributed by atoms with E-state index in [1.54, 1.807) is 6.07 Å². The average Bonchev–Trinajstić information content (AvgIpc) is 2.61. The Morgan fingerprint density at radius 2 is 2.00 bits per heavy atom. The number of β-amino-alcohol motifs (C(OH)–C–C–N with tert-alkyl or cyclic N) is 1. The summed E-state index contributed by atoms with van der Waals surface area (Å²) >= 11 is 0. The lowest BCUT2D eigenvalue weighted by Gasteiger charge is -2.36. The molecule has 1 aliphatic rings. The van der Waals surface area contributed by atoms with Crippen LogP contribution in [-0.2, 0) is 0 Å². The van der Waals surface area contributed by atoms with Gasteiger partial charge in [-0.05, 0) is 12.5 Å². The van der Waals surface area contributed by atoms with Crippen molar-refractivity contribution >= 4 is 16.7 Å². The molecule has 7 heteroatoms. The Bertz CT molecular complexity index is 704. The van der Waals surface area contributed by atoms with Gasteiger partial charge in [-0.1, -0.05) is 6.92 Å². The van der Waals surface area contributed by atoms with Gasteiger partial charge >= 0.3 is 0 Å². The molecular formula is C17H23FN4O2. The maximum Gasteiger partial charge on any atom is 0.167 e. The highest BCUT2D eigenvalue weighted by molar-refractivity contribution is 5.90. The third-order valence-corrected chi connectivity index (χ3v) is 4.50.